The molecule has 1 fully saturated rings. The molecular weight excluding hydrogens is 382 g/mol. The smallest absolute Gasteiger partial charge is 0.271 e. The van der Waals surface area contributed by atoms with E-state index in [-0.39, 0.29) is 29.5 Å². The van der Waals surface area contributed by atoms with Gasteiger partial charge in [-0.05, 0) is 43.0 Å². The maximum absolute atomic E-state index is 11.9. The van der Waals surface area contributed by atoms with Crippen molar-refractivity contribution >= 4 is 34.8 Å². The van der Waals surface area contributed by atoms with E-state index < -0.39 is 5.91 Å². The number of nitrogens with one attached hydrogen (secondary N) is 2. The van der Waals surface area contributed by atoms with Crippen LogP contribution < -0.4 is 27.0 Å². The quantitative estimate of drug-likeness (QED) is 0.591. The lowest BCUT2D eigenvalue weighted by Crippen LogP contribution is -2.42. The van der Waals surface area contributed by atoms with Gasteiger partial charge in [0, 0.05) is 36.9 Å². The number of benzene rings is 1. The molecule has 0 saturated heterocycles. The highest BCUT2D eigenvalue weighted by Crippen LogP contribution is 2.31. The zero-order valence-corrected chi connectivity index (χ0v) is 17.0. The fourth-order valence-electron chi connectivity index (χ4n) is 4.13. The van der Waals surface area contributed by atoms with Crippen molar-refractivity contribution in [2.75, 3.05) is 22.6 Å². The molecule has 1 aromatic carbocycles. The molecule has 30 heavy (non-hydrogen) atoms. The van der Waals surface area contributed by atoms with Crippen molar-refractivity contribution in [3.63, 3.8) is 0 Å². The van der Waals surface area contributed by atoms with Crippen LogP contribution in [-0.4, -0.2) is 40.9 Å². The van der Waals surface area contributed by atoms with Gasteiger partial charge in [0.15, 0.2) is 11.5 Å². The lowest BCUT2D eigenvalue weighted by molar-refractivity contribution is -0.118. The summed E-state index contributed by atoms with van der Waals surface area (Å²) in [6.45, 7) is 0. The summed E-state index contributed by atoms with van der Waals surface area (Å²) in [4.78, 5) is 34.2. The predicted molar refractivity (Wildman–Crippen MR) is 116 cm³/mol. The molecule has 0 bridgehead atoms. The van der Waals surface area contributed by atoms with Crippen molar-refractivity contribution in [2.24, 2.45) is 11.5 Å². The number of aryl methyl sites for hydroxylation is 1. The Balaban J connectivity index is 1.59. The first-order valence-corrected chi connectivity index (χ1v) is 10.3. The number of nitrogens with two attached hydrogens (primary N) is 2. The van der Waals surface area contributed by atoms with E-state index in [1.165, 1.54) is 6.20 Å². The molecule has 6 N–H and O–H groups in total. The maximum Gasteiger partial charge on any atom is 0.271 e. The van der Waals surface area contributed by atoms with Crippen molar-refractivity contribution in [1.29, 1.82) is 0 Å². The molecular formula is C21H27N7O2. The minimum absolute atomic E-state index is 0.0631. The fourth-order valence-corrected chi connectivity index (χ4v) is 4.13. The fraction of sp³-hybridized carbons (Fsp3) is 0.429. The van der Waals surface area contributed by atoms with Crippen molar-refractivity contribution < 1.29 is 9.59 Å². The minimum atomic E-state index is -0.658. The van der Waals surface area contributed by atoms with Gasteiger partial charge in [-0.15, -0.1) is 0 Å². The van der Waals surface area contributed by atoms with Crippen LogP contribution in [0.5, 0.6) is 0 Å². The maximum atomic E-state index is 11.9. The Morgan fingerprint density at radius 1 is 1.23 bits per heavy atom. The summed E-state index contributed by atoms with van der Waals surface area (Å²) in [5, 5.41) is 6.52. The molecule has 1 aliphatic heterocycles. The molecule has 2 amide bonds. The van der Waals surface area contributed by atoms with E-state index >= 15 is 0 Å². The van der Waals surface area contributed by atoms with E-state index in [9.17, 15) is 9.59 Å². The summed E-state index contributed by atoms with van der Waals surface area (Å²) in [7, 11) is 1.77. The summed E-state index contributed by atoms with van der Waals surface area (Å²) in [5.41, 5.74) is 14.5. The summed E-state index contributed by atoms with van der Waals surface area (Å²) in [5.74, 6) is 0.282. The summed E-state index contributed by atoms with van der Waals surface area (Å²) >= 11 is 0. The largest absolute Gasteiger partial charge is 0.364 e. The monoisotopic (exact) mass is 409 g/mol. The molecule has 1 aliphatic carbocycles. The second-order valence-electron chi connectivity index (χ2n) is 7.94. The first kappa shape index (κ1) is 20.1. The van der Waals surface area contributed by atoms with Gasteiger partial charge >= 0.3 is 0 Å². The van der Waals surface area contributed by atoms with E-state index in [1.807, 2.05) is 18.2 Å². The van der Waals surface area contributed by atoms with Crippen LogP contribution in [0.1, 0.15) is 48.2 Å². The highest BCUT2D eigenvalue weighted by atomic mass is 16.2. The van der Waals surface area contributed by atoms with Crippen LogP contribution in [0.25, 0.3) is 0 Å². The summed E-state index contributed by atoms with van der Waals surface area (Å²) < 4.78 is 0. The third-order valence-corrected chi connectivity index (χ3v) is 5.84. The van der Waals surface area contributed by atoms with Gasteiger partial charge in [0.05, 0.1) is 6.20 Å². The molecule has 0 radical (unpaired) electrons. The molecule has 158 valence electrons. The number of rotatable bonds is 5. The number of primary amides is 1. The van der Waals surface area contributed by atoms with Crippen LogP contribution >= 0.6 is 0 Å². The second kappa shape index (κ2) is 8.27. The number of carbonyl (C=O) groups excluding carboxylic acids is 2. The average molecular weight is 409 g/mol. The van der Waals surface area contributed by atoms with Crippen LogP contribution in [0.15, 0.2) is 24.4 Å². The standard InChI is InChI=1S/C21H27N7O2/c1-28-16-8-7-13(10-12(16)6-9-18(28)29)25-21-19(20(23)30)24-11-17(27-21)26-15-5-3-2-4-14(15)22/h7-8,10-11,14-15H,2-6,9,22H2,1H3,(H2,23,30)(H2,25,26,27)/t14-,15+/m0/s1. The molecule has 0 unspecified atom stereocenters. The topological polar surface area (TPSA) is 139 Å². The number of anilines is 4. The van der Waals surface area contributed by atoms with Gasteiger partial charge in [0.25, 0.3) is 5.91 Å². The second-order valence-corrected chi connectivity index (χ2v) is 7.94. The lowest BCUT2D eigenvalue weighted by Gasteiger charge is -2.29. The van der Waals surface area contributed by atoms with Gasteiger partial charge in [0.1, 0.15) is 5.82 Å². The number of carbonyl (C=O) groups is 2. The van der Waals surface area contributed by atoms with Gasteiger partial charge in [-0.1, -0.05) is 12.8 Å². The molecule has 0 spiro atoms. The Labute approximate surface area is 175 Å². The van der Waals surface area contributed by atoms with Crippen LogP contribution in [-0.2, 0) is 11.2 Å². The molecule has 9 heteroatoms. The van der Waals surface area contributed by atoms with Crippen molar-refractivity contribution in [2.45, 2.75) is 50.6 Å². The van der Waals surface area contributed by atoms with Gasteiger partial charge < -0.3 is 27.0 Å². The number of hydrogen-bond acceptors (Lipinski definition) is 7. The van der Waals surface area contributed by atoms with Crippen LogP contribution in [0.4, 0.5) is 23.0 Å². The molecule has 1 saturated carbocycles. The van der Waals surface area contributed by atoms with E-state index in [1.54, 1.807) is 11.9 Å². The number of fused-ring (bicyclic) bond motifs is 1. The predicted octanol–water partition coefficient (Wildman–Crippen LogP) is 1.91. The van der Waals surface area contributed by atoms with Gasteiger partial charge in [0.2, 0.25) is 5.91 Å². The third-order valence-electron chi connectivity index (χ3n) is 5.84. The number of nitrogens with zero attached hydrogens (tertiary/aromatic N) is 3. The Bertz CT molecular complexity index is 978. The first-order valence-electron chi connectivity index (χ1n) is 10.3. The van der Waals surface area contributed by atoms with Gasteiger partial charge in [-0.3, -0.25) is 9.59 Å². The van der Waals surface area contributed by atoms with Crippen LogP contribution in [0.2, 0.25) is 0 Å². The Morgan fingerprint density at radius 2 is 2.03 bits per heavy atom. The Morgan fingerprint density at radius 3 is 2.80 bits per heavy atom. The van der Waals surface area contributed by atoms with Crippen LogP contribution in [0.3, 0.4) is 0 Å². The lowest BCUT2D eigenvalue weighted by atomic mass is 9.91. The van der Waals surface area contributed by atoms with Crippen LogP contribution in [0, 0.1) is 0 Å². The SMILES string of the molecule is CN1C(=O)CCc2cc(Nc3nc(N[C@@H]4CCCC[C@@H]4N)cnc3C(N)=O)ccc21. The van der Waals surface area contributed by atoms with Crippen molar-refractivity contribution in [3.8, 4) is 0 Å². The molecule has 2 aliphatic rings. The van der Waals surface area contributed by atoms with Gasteiger partial charge in [-0.25, -0.2) is 9.97 Å². The Hall–Kier alpha value is -3.20. The molecule has 2 atom stereocenters. The molecule has 1 aromatic heterocycles. The first-order chi connectivity index (χ1) is 14.4. The summed E-state index contributed by atoms with van der Waals surface area (Å²) in [6.07, 6.45) is 6.86. The third kappa shape index (κ3) is 4.06. The zero-order valence-electron chi connectivity index (χ0n) is 17.0. The van der Waals surface area contributed by atoms with E-state index in [4.69, 9.17) is 11.5 Å². The van der Waals surface area contributed by atoms with E-state index in [2.05, 4.69) is 20.6 Å². The Kier molecular flexibility index (Phi) is 5.54. The summed E-state index contributed by atoms with van der Waals surface area (Å²) in [6, 6.07) is 5.87. The van der Waals surface area contributed by atoms with Crippen molar-refractivity contribution in [3.05, 3.63) is 35.7 Å². The van der Waals surface area contributed by atoms with Crippen molar-refractivity contribution in [1.82, 2.24) is 9.97 Å². The zero-order chi connectivity index (χ0) is 21.3. The average Bonchev–Trinajstić information content (AvgIpc) is 2.72. The number of hydrogen-bond donors (Lipinski definition) is 4. The number of aromatic nitrogens is 2. The minimum Gasteiger partial charge on any atom is -0.364 e. The highest BCUT2D eigenvalue weighted by Gasteiger charge is 2.24. The normalized spacial score (nSPS) is 21.1. The number of amides is 2. The molecule has 2 heterocycles. The highest BCUT2D eigenvalue weighted by molar-refractivity contribution is 5.97. The van der Waals surface area contributed by atoms with E-state index in [0.717, 1.165) is 42.6 Å². The molecule has 4 rings (SSSR count). The molecule has 9 nitrogen and oxygen atoms in total. The van der Waals surface area contributed by atoms with E-state index in [0.29, 0.717) is 18.7 Å². The molecule has 2 aromatic rings. The van der Waals surface area contributed by atoms with Gasteiger partial charge in [-0.2, -0.15) is 0 Å².